The van der Waals surface area contributed by atoms with Gasteiger partial charge in [-0.25, -0.2) is 14.8 Å². The number of H-pyrrole nitrogens is 2. The molecule has 0 fully saturated rings. The number of anilines is 1. The molecule has 3 N–H and O–H groups in total. The number of nitrogens with one attached hydrogen (secondary N) is 3. The molecule has 42 heavy (non-hydrogen) atoms. The van der Waals surface area contributed by atoms with Crippen molar-refractivity contribution in [1.29, 1.82) is 0 Å². The number of amides is 1. The minimum atomic E-state index is -0.548. The largest absolute Gasteiger partial charge is 0.454 e. The molecular formula is C29H22Cl3N5O3S2. The van der Waals surface area contributed by atoms with E-state index < -0.39 is 6.09 Å². The summed E-state index contributed by atoms with van der Waals surface area (Å²) in [6.45, 7) is 0. The van der Waals surface area contributed by atoms with Crippen molar-refractivity contribution < 1.29 is 14.3 Å². The lowest BCUT2D eigenvalue weighted by Gasteiger charge is -2.09. The highest BCUT2D eigenvalue weighted by atomic mass is 35.5. The highest BCUT2D eigenvalue weighted by molar-refractivity contribution is 7.99. The monoisotopic (exact) mass is 657 g/mol. The lowest BCUT2D eigenvalue weighted by molar-refractivity contribution is 0.186. The minimum Gasteiger partial charge on any atom is -0.454 e. The lowest BCUT2D eigenvalue weighted by Crippen LogP contribution is -2.11. The van der Waals surface area contributed by atoms with Crippen molar-refractivity contribution >= 4 is 92.4 Å². The van der Waals surface area contributed by atoms with E-state index in [1.165, 1.54) is 23.8 Å². The van der Waals surface area contributed by atoms with Crippen LogP contribution in [0.4, 0.5) is 10.7 Å². The molecule has 0 saturated carbocycles. The number of nitrogens with zero attached hydrogens (tertiary/aromatic N) is 2. The van der Waals surface area contributed by atoms with E-state index in [0.717, 1.165) is 32.1 Å². The van der Waals surface area contributed by atoms with Crippen LogP contribution in [-0.2, 0) is 4.74 Å². The highest BCUT2D eigenvalue weighted by Crippen LogP contribution is 2.38. The molecule has 214 valence electrons. The zero-order valence-corrected chi connectivity index (χ0v) is 26.0. The van der Waals surface area contributed by atoms with Crippen LogP contribution in [0.1, 0.15) is 0 Å². The summed E-state index contributed by atoms with van der Waals surface area (Å²) in [4.78, 5) is 28.3. The average Bonchev–Trinajstić information content (AvgIpc) is 3.58. The molecule has 1 amide bonds. The third-order valence-corrected chi connectivity index (χ3v) is 8.36. The van der Waals surface area contributed by atoms with Gasteiger partial charge in [-0.3, -0.25) is 5.32 Å². The number of benzene rings is 4. The normalized spacial score (nSPS) is 10.8. The van der Waals surface area contributed by atoms with Crippen molar-refractivity contribution in [2.45, 2.75) is 14.9 Å². The molecule has 0 aliphatic carbocycles. The number of aromatic amines is 2. The van der Waals surface area contributed by atoms with Crippen LogP contribution in [0.15, 0.2) is 93.8 Å². The van der Waals surface area contributed by atoms with Gasteiger partial charge in [0.2, 0.25) is 5.95 Å². The fourth-order valence-electron chi connectivity index (χ4n) is 3.72. The number of hydrogen-bond acceptors (Lipinski definition) is 7. The van der Waals surface area contributed by atoms with Crippen LogP contribution in [0, 0.1) is 0 Å². The summed E-state index contributed by atoms with van der Waals surface area (Å²) in [6, 6.07) is 24.8. The first-order valence-electron chi connectivity index (χ1n) is 12.3. The van der Waals surface area contributed by atoms with E-state index in [2.05, 4.69) is 42.1 Å². The van der Waals surface area contributed by atoms with Gasteiger partial charge in [-0.05, 0) is 54.8 Å². The van der Waals surface area contributed by atoms with Gasteiger partial charge in [-0.2, -0.15) is 0 Å². The molecule has 0 atom stereocenters. The number of imidazole rings is 2. The Labute approximate surface area is 264 Å². The van der Waals surface area contributed by atoms with Crippen molar-refractivity contribution in [3.05, 3.63) is 93.9 Å². The zero-order valence-electron chi connectivity index (χ0n) is 22.1. The first-order valence-corrected chi connectivity index (χ1v) is 15.4. The molecule has 0 aliphatic heterocycles. The smallest absolute Gasteiger partial charge is 0.413 e. The standard InChI is InChI=1S/C15H13N3O2S.C14H9Cl3N2OS/c1-20-15(19)18-14-16-12-8-7-11(9-13(12)17-14)21-10-5-3-2-4-6-10;1-21-14-18-9-5-8(16)12(6-10(9)19-14)20-11-4-2-3-7(15)13(11)17/h2-9H,1H3,(H2,16,17,18,19);2-6H,1H3,(H,18,19). The molecular weight excluding hydrogens is 637 g/mol. The fourth-order valence-corrected chi connectivity index (χ4v) is 5.53. The van der Waals surface area contributed by atoms with Gasteiger partial charge < -0.3 is 19.4 Å². The van der Waals surface area contributed by atoms with Gasteiger partial charge in [-0.1, -0.05) is 82.6 Å². The summed E-state index contributed by atoms with van der Waals surface area (Å²) in [5.74, 6) is 1.32. The molecule has 2 heterocycles. The van der Waals surface area contributed by atoms with Gasteiger partial charge in [-0.15, -0.1) is 0 Å². The summed E-state index contributed by atoms with van der Waals surface area (Å²) in [5.41, 5.74) is 3.28. The third kappa shape index (κ3) is 7.26. The van der Waals surface area contributed by atoms with Crippen molar-refractivity contribution in [2.75, 3.05) is 18.7 Å². The first-order chi connectivity index (χ1) is 20.3. The molecule has 0 bridgehead atoms. The zero-order chi connectivity index (χ0) is 29.6. The second kappa shape index (κ2) is 13.6. The number of carbonyl (C=O) groups is 1. The molecule has 0 radical (unpaired) electrons. The Morgan fingerprint density at radius 2 is 1.60 bits per heavy atom. The quantitative estimate of drug-likeness (QED) is 0.153. The van der Waals surface area contributed by atoms with E-state index in [4.69, 9.17) is 39.5 Å². The summed E-state index contributed by atoms with van der Waals surface area (Å²) in [6.07, 6.45) is 1.40. The molecule has 0 aliphatic rings. The lowest BCUT2D eigenvalue weighted by atomic mass is 10.3. The molecule has 0 unspecified atom stereocenters. The van der Waals surface area contributed by atoms with Crippen molar-refractivity contribution in [2.24, 2.45) is 0 Å². The average molecular weight is 659 g/mol. The Kier molecular flexibility index (Phi) is 9.71. The maximum Gasteiger partial charge on any atom is 0.413 e. The van der Waals surface area contributed by atoms with Crippen LogP contribution in [0.2, 0.25) is 15.1 Å². The van der Waals surface area contributed by atoms with Crippen molar-refractivity contribution in [3.63, 3.8) is 0 Å². The van der Waals surface area contributed by atoms with Crippen LogP contribution in [0.25, 0.3) is 22.1 Å². The van der Waals surface area contributed by atoms with Crippen LogP contribution in [-0.4, -0.2) is 39.4 Å². The number of carbonyl (C=O) groups excluding carboxylic acids is 1. The van der Waals surface area contributed by atoms with Gasteiger partial charge >= 0.3 is 6.09 Å². The number of ether oxygens (including phenoxy) is 2. The van der Waals surface area contributed by atoms with Crippen LogP contribution >= 0.6 is 58.3 Å². The predicted octanol–water partition coefficient (Wildman–Crippen LogP) is 9.93. The van der Waals surface area contributed by atoms with E-state index in [1.54, 1.807) is 42.1 Å². The molecule has 0 spiro atoms. The van der Waals surface area contributed by atoms with Gasteiger partial charge in [0, 0.05) is 15.9 Å². The molecule has 6 aromatic rings. The number of methoxy groups -OCH3 is 1. The Hall–Kier alpha value is -3.54. The highest BCUT2D eigenvalue weighted by Gasteiger charge is 2.12. The topological polar surface area (TPSA) is 105 Å². The summed E-state index contributed by atoms with van der Waals surface area (Å²) in [5, 5.41) is 4.57. The van der Waals surface area contributed by atoms with Crippen molar-refractivity contribution in [3.8, 4) is 11.5 Å². The van der Waals surface area contributed by atoms with E-state index in [1.807, 2.05) is 42.7 Å². The Bertz CT molecular complexity index is 1860. The van der Waals surface area contributed by atoms with Crippen LogP contribution in [0.5, 0.6) is 11.5 Å². The van der Waals surface area contributed by atoms with Crippen LogP contribution in [0.3, 0.4) is 0 Å². The van der Waals surface area contributed by atoms with Gasteiger partial charge in [0.15, 0.2) is 5.16 Å². The second-order valence-electron chi connectivity index (χ2n) is 8.50. The van der Waals surface area contributed by atoms with E-state index in [0.29, 0.717) is 32.5 Å². The number of thioether (sulfide) groups is 1. The summed E-state index contributed by atoms with van der Waals surface area (Å²) in [7, 11) is 1.31. The van der Waals surface area contributed by atoms with Gasteiger partial charge in [0.1, 0.15) is 16.5 Å². The predicted molar refractivity (Wildman–Crippen MR) is 172 cm³/mol. The molecule has 13 heteroatoms. The molecule has 0 saturated heterocycles. The second-order valence-corrected chi connectivity index (χ2v) is 11.6. The number of halogens is 3. The molecule has 8 nitrogen and oxygen atoms in total. The molecule has 2 aromatic heterocycles. The number of aromatic nitrogens is 4. The Balaban J connectivity index is 0.000000168. The minimum absolute atomic E-state index is 0.352. The van der Waals surface area contributed by atoms with Crippen molar-refractivity contribution in [1.82, 2.24) is 19.9 Å². The fraction of sp³-hybridized carbons (Fsp3) is 0.0690. The van der Waals surface area contributed by atoms with E-state index >= 15 is 0 Å². The van der Waals surface area contributed by atoms with Crippen LogP contribution < -0.4 is 10.1 Å². The Morgan fingerprint density at radius 1 is 0.810 bits per heavy atom. The number of rotatable bonds is 6. The van der Waals surface area contributed by atoms with Gasteiger partial charge in [0.05, 0.1) is 39.2 Å². The third-order valence-electron chi connectivity index (χ3n) is 5.68. The Morgan fingerprint density at radius 3 is 2.36 bits per heavy atom. The summed E-state index contributed by atoms with van der Waals surface area (Å²) < 4.78 is 10.3. The van der Waals surface area contributed by atoms with E-state index in [-0.39, 0.29) is 0 Å². The van der Waals surface area contributed by atoms with E-state index in [9.17, 15) is 4.79 Å². The summed E-state index contributed by atoms with van der Waals surface area (Å²) >= 11 is 21.5. The number of fused-ring (bicyclic) bond motifs is 2. The first kappa shape index (κ1) is 29.9. The number of hydrogen-bond donors (Lipinski definition) is 3. The maximum atomic E-state index is 11.2. The molecule has 6 rings (SSSR count). The SMILES string of the molecule is COC(=O)Nc1nc2cc(Sc3ccccc3)ccc2[nH]1.CSc1nc2cc(Cl)c(Oc3cccc(Cl)c3Cl)cc2[nH]1. The van der Waals surface area contributed by atoms with Gasteiger partial charge in [0.25, 0.3) is 0 Å². The molecule has 4 aromatic carbocycles. The maximum absolute atomic E-state index is 11.2.